The molecule has 15 heavy (non-hydrogen) atoms. The lowest BCUT2D eigenvalue weighted by Crippen LogP contribution is -1.99. The van der Waals surface area contributed by atoms with E-state index in [9.17, 15) is 0 Å². The third kappa shape index (κ3) is 0.955. The quantitative estimate of drug-likeness (QED) is 0.582. The number of nitrogens with zero attached hydrogens (tertiary/aromatic N) is 5. The van der Waals surface area contributed by atoms with Crippen molar-refractivity contribution >= 4 is 16.6 Å². The van der Waals surface area contributed by atoms with E-state index in [2.05, 4.69) is 15.2 Å². The van der Waals surface area contributed by atoms with Crippen LogP contribution >= 0.6 is 0 Å². The molecule has 0 saturated carbocycles. The minimum atomic E-state index is 0.551. The van der Waals surface area contributed by atoms with E-state index < -0.39 is 0 Å². The highest BCUT2D eigenvalue weighted by Gasteiger charge is 2.13. The van der Waals surface area contributed by atoms with Crippen molar-refractivity contribution in [3.8, 4) is 5.88 Å². The van der Waals surface area contributed by atoms with Gasteiger partial charge < -0.3 is 4.74 Å². The number of aryl methyl sites for hydroxylation is 1. The number of aromatic nitrogens is 5. The first-order valence-electron chi connectivity index (χ1n) is 4.50. The Labute approximate surface area is 85.1 Å². The van der Waals surface area contributed by atoms with E-state index in [1.54, 1.807) is 34.9 Å². The van der Waals surface area contributed by atoms with E-state index >= 15 is 0 Å². The fourth-order valence-electron chi connectivity index (χ4n) is 1.71. The van der Waals surface area contributed by atoms with Gasteiger partial charge in [0.05, 0.1) is 18.7 Å². The first-order chi connectivity index (χ1) is 7.31. The zero-order valence-corrected chi connectivity index (χ0v) is 8.38. The average molecular weight is 203 g/mol. The van der Waals surface area contributed by atoms with Crippen LogP contribution in [0.3, 0.4) is 0 Å². The van der Waals surface area contributed by atoms with Crippen LogP contribution in [0.25, 0.3) is 16.6 Å². The number of ether oxygens (including phenoxy) is 1. The SMILES string of the molecule is COc1nn2ccnc2c2cnn(C)c12. The molecule has 6 nitrogen and oxygen atoms in total. The van der Waals surface area contributed by atoms with Crippen LogP contribution in [0.15, 0.2) is 18.6 Å². The maximum atomic E-state index is 5.22. The van der Waals surface area contributed by atoms with E-state index in [0.29, 0.717) is 5.88 Å². The lowest BCUT2D eigenvalue weighted by Gasteiger charge is -2.03. The third-order valence-corrected chi connectivity index (χ3v) is 2.40. The first kappa shape index (κ1) is 8.22. The molecule has 76 valence electrons. The molecule has 0 amide bonds. The largest absolute Gasteiger partial charge is 0.478 e. The molecule has 3 aromatic rings. The van der Waals surface area contributed by atoms with E-state index in [1.165, 1.54) is 0 Å². The molecule has 3 aromatic heterocycles. The van der Waals surface area contributed by atoms with Crippen LogP contribution in [0.5, 0.6) is 5.88 Å². The molecule has 6 heteroatoms. The second kappa shape index (κ2) is 2.69. The molecular weight excluding hydrogens is 194 g/mol. The van der Waals surface area contributed by atoms with Crippen molar-refractivity contribution in [1.29, 1.82) is 0 Å². The monoisotopic (exact) mass is 203 g/mol. The maximum Gasteiger partial charge on any atom is 0.258 e. The Morgan fingerprint density at radius 2 is 2.27 bits per heavy atom. The van der Waals surface area contributed by atoms with Crippen molar-refractivity contribution in [2.75, 3.05) is 7.11 Å². The topological polar surface area (TPSA) is 57.2 Å². The Balaban J connectivity index is 2.60. The molecule has 0 radical (unpaired) electrons. The van der Waals surface area contributed by atoms with Gasteiger partial charge in [-0.2, -0.15) is 5.10 Å². The van der Waals surface area contributed by atoms with Crippen LogP contribution in [0.1, 0.15) is 0 Å². The van der Waals surface area contributed by atoms with E-state index in [0.717, 1.165) is 16.6 Å². The summed E-state index contributed by atoms with van der Waals surface area (Å²) in [6.07, 6.45) is 5.25. The molecule has 0 bridgehead atoms. The zero-order valence-electron chi connectivity index (χ0n) is 8.38. The molecule has 0 atom stereocenters. The summed E-state index contributed by atoms with van der Waals surface area (Å²) in [4.78, 5) is 4.23. The van der Waals surface area contributed by atoms with Gasteiger partial charge in [0.25, 0.3) is 5.88 Å². The minimum Gasteiger partial charge on any atom is -0.478 e. The van der Waals surface area contributed by atoms with Gasteiger partial charge >= 0.3 is 0 Å². The second-order valence-electron chi connectivity index (χ2n) is 3.24. The number of imidazole rings is 1. The van der Waals surface area contributed by atoms with Crippen molar-refractivity contribution in [2.45, 2.75) is 0 Å². The molecule has 0 fully saturated rings. The van der Waals surface area contributed by atoms with Crippen molar-refractivity contribution in [2.24, 2.45) is 7.05 Å². The van der Waals surface area contributed by atoms with Crippen LogP contribution < -0.4 is 4.74 Å². The van der Waals surface area contributed by atoms with E-state index in [-0.39, 0.29) is 0 Å². The summed E-state index contributed by atoms with van der Waals surface area (Å²) in [6, 6.07) is 0. The summed E-state index contributed by atoms with van der Waals surface area (Å²) in [7, 11) is 3.45. The van der Waals surface area contributed by atoms with Gasteiger partial charge in [-0.1, -0.05) is 0 Å². The summed E-state index contributed by atoms with van der Waals surface area (Å²) in [5.74, 6) is 0.551. The third-order valence-electron chi connectivity index (χ3n) is 2.40. The molecule has 0 aliphatic carbocycles. The maximum absolute atomic E-state index is 5.22. The predicted molar refractivity (Wildman–Crippen MR) is 53.8 cm³/mol. The van der Waals surface area contributed by atoms with Gasteiger partial charge in [-0.3, -0.25) is 4.68 Å². The molecule has 0 aromatic carbocycles. The van der Waals surface area contributed by atoms with E-state index in [1.807, 2.05) is 7.05 Å². The highest BCUT2D eigenvalue weighted by atomic mass is 16.5. The first-order valence-corrected chi connectivity index (χ1v) is 4.50. The predicted octanol–water partition coefficient (Wildman–Crippen LogP) is 0.625. The van der Waals surface area contributed by atoms with Crippen molar-refractivity contribution in [1.82, 2.24) is 24.4 Å². The Hall–Kier alpha value is -2.11. The van der Waals surface area contributed by atoms with Gasteiger partial charge in [0.15, 0.2) is 5.65 Å². The Bertz CT molecular complexity index is 638. The van der Waals surface area contributed by atoms with Gasteiger partial charge in [-0.25, -0.2) is 9.50 Å². The molecule has 3 heterocycles. The fraction of sp³-hybridized carbons (Fsp3) is 0.222. The lowest BCUT2D eigenvalue weighted by molar-refractivity contribution is 0.393. The average Bonchev–Trinajstić information content (AvgIpc) is 2.83. The molecule has 0 N–H and O–H groups in total. The van der Waals surface area contributed by atoms with Crippen molar-refractivity contribution in [3.05, 3.63) is 18.6 Å². The number of hydrogen-bond donors (Lipinski definition) is 0. The number of fused-ring (bicyclic) bond motifs is 3. The van der Waals surface area contributed by atoms with E-state index in [4.69, 9.17) is 4.74 Å². The summed E-state index contributed by atoms with van der Waals surface area (Å²) in [5.41, 5.74) is 1.65. The molecule has 0 unspecified atom stereocenters. The van der Waals surface area contributed by atoms with Crippen LogP contribution in [-0.2, 0) is 7.05 Å². The minimum absolute atomic E-state index is 0.551. The fourth-order valence-corrected chi connectivity index (χ4v) is 1.71. The molecule has 0 aliphatic heterocycles. The zero-order chi connectivity index (χ0) is 10.4. The van der Waals surface area contributed by atoms with Crippen molar-refractivity contribution < 1.29 is 4.74 Å². The number of hydrogen-bond acceptors (Lipinski definition) is 4. The second-order valence-corrected chi connectivity index (χ2v) is 3.24. The summed E-state index contributed by atoms with van der Waals surface area (Å²) in [6.45, 7) is 0. The van der Waals surface area contributed by atoms with Crippen LogP contribution in [0.4, 0.5) is 0 Å². The lowest BCUT2D eigenvalue weighted by atomic mass is 10.3. The molecule has 3 rings (SSSR count). The Morgan fingerprint density at radius 3 is 3.07 bits per heavy atom. The summed E-state index contributed by atoms with van der Waals surface area (Å²) >= 11 is 0. The van der Waals surface area contributed by atoms with Gasteiger partial charge in [-0.05, 0) is 0 Å². The highest BCUT2D eigenvalue weighted by Crippen LogP contribution is 2.24. The van der Waals surface area contributed by atoms with Crippen LogP contribution in [-0.4, -0.2) is 31.5 Å². The van der Waals surface area contributed by atoms with Crippen LogP contribution in [0.2, 0.25) is 0 Å². The van der Waals surface area contributed by atoms with Gasteiger partial charge in [0.2, 0.25) is 0 Å². The molecule has 0 spiro atoms. The standard InChI is InChI=1S/C9H9N5O/c1-13-7-6(5-11-13)8-10-3-4-14(8)12-9(7)15-2/h3-5H,1-2H3. The molecular formula is C9H9N5O. The van der Waals surface area contributed by atoms with Gasteiger partial charge in [-0.15, -0.1) is 5.10 Å². The highest BCUT2D eigenvalue weighted by molar-refractivity contribution is 5.93. The van der Waals surface area contributed by atoms with Gasteiger partial charge in [0.1, 0.15) is 5.52 Å². The normalized spacial score (nSPS) is 11.3. The molecule has 0 aliphatic rings. The Morgan fingerprint density at radius 1 is 1.40 bits per heavy atom. The van der Waals surface area contributed by atoms with Crippen LogP contribution in [0, 0.1) is 0 Å². The van der Waals surface area contributed by atoms with Crippen molar-refractivity contribution in [3.63, 3.8) is 0 Å². The summed E-state index contributed by atoms with van der Waals surface area (Å²) in [5, 5.41) is 9.40. The Kier molecular flexibility index (Phi) is 1.47. The number of rotatable bonds is 1. The van der Waals surface area contributed by atoms with Gasteiger partial charge in [0, 0.05) is 19.4 Å². The smallest absolute Gasteiger partial charge is 0.258 e. The number of methoxy groups -OCH3 is 1. The summed E-state index contributed by atoms with van der Waals surface area (Å²) < 4.78 is 8.64. The molecule has 0 saturated heterocycles.